The van der Waals surface area contributed by atoms with E-state index in [-0.39, 0.29) is 24.3 Å². The average Bonchev–Trinajstić information content (AvgIpc) is 3.07. The van der Waals surface area contributed by atoms with Gasteiger partial charge < -0.3 is 14.7 Å². The number of amides is 1. The highest BCUT2D eigenvalue weighted by Crippen LogP contribution is 2.44. The molecule has 3 unspecified atom stereocenters. The zero-order valence-corrected chi connectivity index (χ0v) is 14.1. The number of rotatable bonds is 5. The molecule has 1 fully saturated rings. The van der Waals surface area contributed by atoms with E-state index < -0.39 is 18.0 Å². The summed E-state index contributed by atoms with van der Waals surface area (Å²) in [4.78, 5) is 26.4. The number of ether oxygens (including phenoxy) is 1. The van der Waals surface area contributed by atoms with Crippen molar-refractivity contribution in [1.82, 2.24) is 4.90 Å². The van der Waals surface area contributed by atoms with Gasteiger partial charge in [0.15, 0.2) is 0 Å². The number of hydrogen-bond acceptors (Lipinski definition) is 4. The summed E-state index contributed by atoms with van der Waals surface area (Å²) in [6.07, 6.45) is 1.42. The fourth-order valence-corrected chi connectivity index (χ4v) is 3.63. The molecule has 1 amide bonds. The number of carbonyl (C=O) groups excluding carboxylic acids is 2. The standard InChI is InChI=1S/C21H19NO4/c23-19(15-9-5-2-6-10-15)18-16-11-12-17(22(16)20(18)24)21(25)26-13-14-7-3-1-4-8-14/h1-10,12,16,18-19,23H,11,13H2. The highest BCUT2D eigenvalue weighted by Gasteiger charge is 2.55. The molecular formula is C21H19NO4. The first-order chi connectivity index (χ1) is 12.7. The van der Waals surface area contributed by atoms with Crippen LogP contribution in [0.5, 0.6) is 0 Å². The molecule has 0 spiro atoms. The maximum atomic E-state index is 12.6. The van der Waals surface area contributed by atoms with Crippen LogP contribution in [0.15, 0.2) is 72.4 Å². The Morgan fingerprint density at radius 3 is 2.46 bits per heavy atom. The molecule has 2 aliphatic heterocycles. The van der Waals surface area contributed by atoms with Gasteiger partial charge in [0.05, 0.1) is 18.1 Å². The molecule has 0 aromatic heterocycles. The van der Waals surface area contributed by atoms with Crippen LogP contribution in [0.2, 0.25) is 0 Å². The van der Waals surface area contributed by atoms with Crippen molar-refractivity contribution in [2.24, 2.45) is 5.92 Å². The lowest BCUT2D eigenvalue weighted by Crippen LogP contribution is -2.60. The average molecular weight is 349 g/mol. The Bertz CT molecular complexity index is 847. The topological polar surface area (TPSA) is 66.8 Å². The zero-order valence-electron chi connectivity index (χ0n) is 14.1. The Kier molecular flexibility index (Phi) is 4.31. The van der Waals surface area contributed by atoms with E-state index in [1.807, 2.05) is 48.5 Å². The first-order valence-electron chi connectivity index (χ1n) is 8.64. The number of benzene rings is 2. The predicted molar refractivity (Wildman–Crippen MR) is 94.5 cm³/mol. The summed E-state index contributed by atoms with van der Waals surface area (Å²) in [5.41, 5.74) is 1.89. The highest BCUT2D eigenvalue weighted by atomic mass is 16.5. The van der Waals surface area contributed by atoms with Gasteiger partial charge in [-0.25, -0.2) is 4.79 Å². The molecule has 1 N–H and O–H groups in total. The summed E-state index contributed by atoms with van der Waals surface area (Å²) in [6.45, 7) is 0.166. The van der Waals surface area contributed by atoms with Crippen molar-refractivity contribution in [2.45, 2.75) is 25.2 Å². The Balaban J connectivity index is 1.40. The van der Waals surface area contributed by atoms with Gasteiger partial charge in [-0.05, 0) is 17.5 Å². The maximum absolute atomic E-state index is 12.6. The number of fused-ring (bicyclic) bond motifs is 1. The first-order valence-corrected chi connectivity index (χ1v) is 8.64. The molecule has 0 bridgehead atoms. The second kappa shape index (κ2) is 6.77. The Labute approximate surface area is 151 Å². The lowest BCUT2D eigenvalue weighted by Gasteiger charge is -2.45. The second-order valence-electron chi connectivity index (χ2n) is 6.54. The minimum absolute atomic E-state index is 0.166. The summed E-state index contributed by atoms with van der Waals surface area (Å²) in [7, 11) is 0. The van der Waals surface area contributed by atoms with Gasteiger partial charge in [-0.2, -0.15) is 0 Å². The van der Waals surface area contributed by atoms with E-state index in [0.29, 0.717) is 12.0 Å². The summed E-state index contributed by atoms with van der Waals surface area (Å²) in [5.74, 6) is -1.25. The first kappa shape index (κ1) is 16.5. The molecule has 2 aliphatic rings. The number of esters is 1. The van der Waals surface area contributed by atoms with Crippen LogP contribution >= 0.6 is 0 Å². The van der Waals surface area contributed by atoms with Crippen molar-refractivity contribution in [3.05, 3.63) is 83.6 Å². The largest absolute Gasteiger partial charge is 0.456 e. The fraction of sp³-hybridized carbons (Fsp3) is 0.238. The van der Waals surface area contributed by atoms with E-state index in [0.717, 1.165) is 5.56 Å². The monoisotopic (exact) mass is 349 g/mol. The lowest BCUT2D eigenvalue weighted by molar-refractivity contribution is -0.163. The molecule has 1 saturated heterocycles. The van der Waals surface area contributed by atoms with Gasteiger partial charge in [-0.15, -0.1) is 0 Å². The van der Waals surface area contributed by atoms with E-state index in [9.17, 15) is 14.7 Å². The molecule has 2 aromatic carbocycles. The van der Waals surface area contributed by atoms with Crippen molar-refractivity contribution < 1.29 is 19.4 Å². The van der Waals surface area contributed by atoms with Gasteiger partial charge in [0.1, 0.15) is 12.3 Å². The van der Waals surface area contributed by atoms with Crippen molar-refractivity contribution >= 4 is 11.9 Å². The van der Waals surface area contributed by atoms with Gasteiger partial charge in [0.2, 0.25) is 5.91 Å². The zero-order chi connectivity index (χ0) is 18.1. The van der Waals surface area contributed by atoms with Crippen LogP contribution in [-0.4, -0.2) is 27.9 Å². The van der Waals surface area contributed by atoms with Gasteiger partial charge in [0.25, 0.3) is 0 Å². The van der Waals surface area contributed by atoms with Gasteiger partial charge >= 0.3 is 5.97 Å². The number of hydrogen-bond donors (Lipinski definition) is 1. The van der Waals surface area contributed by atoms with Crippen LogP contribution in [0.3, 0.4) is 0 Å². The van der Waals surface area contributed by atoms with Crippen LogP contribution in [0.1, 0.15) is 23.7 Å². The molecule has 0 aliphatic carbocycles. The Hall–Kier alpha value is -2.92. The third-order valence-electron chi connectivity index (χ3n) is 4.98. The van der Waals surface area contributed by atoms with E-state index in [1.54, 1.807) is 18.2 Å². The molecule has 5 heteroatoms. The van der Waals surface area contributed by atoms with E-state index in [2.05, 4.69) is 0 Å². The van der Waals surface area contributed by atoms with E-state index >= 15 is 0 Å². The fourth-order valence-electron chi connectivity index (χ4n) is 3.63. The number of aliphatic hydroxyl groups is 1. The minimum atomic E-state index is -0.863. The van der Waals surface area contributed by atoms with Crippen molar-refractivity contribution in [1.29, 1.82) is 0 Å². The lowest BCUT2D eigenvalue weighted by atomic mass is 9.80. The van der Waals surface area contributed by atoms with E-state index in [4.69, 9.17) is 4.74 Å². The van der Waals surface area contributed by atoms with Crippen molar-refractivity contribution in [3.8, 4) is 0 Å². The highest BCUT2D eigenvalue weighted by molar-refractivity contribution is 5.99. The smallest absolute Gasteiger partial charge is 0.355 e. The maximum Gasteiger partial charge on any atom is 0.355 e. The number of aliphatic hydroxyl groups excluding tert-OH is 1. The minimum Gasteiger partial charge on any atom is -0.456 e. The number of β-lactam (4-membered cyclic amide) rings is 1. The molecule has 4 rings (SSSR count). The quantitative estimate of drug-likeness (QED) is 0.665. The van der Waals surface area contributed by atoms with Crippen molar-refractivity contribution in [3.63, 3.8) is 0 Å². The molecule has 2 aromatic rings. The molecule has 26 heavy (non-hydrogen) atoms. The molecule has 3 atom stereocenters. The van der Waals surface area contributed by atoms with Crippen LogP contribution in [0.4, 0.5) is 0 Å². The Morgan fingerprint density at radius 1 is 1.12 bits per heavy atom. The second-order valence-corrected chi connectivity index (χ2v) is 6.54. The number of nitrogens with zero attached hydrogens (tertiary/aromatic N) is 1. The van der Waals surface area contributed by atoms with Crippen LogP contribution in [0, 0.1) is 5.92 Å². The predicted octanol–water partition coefficient (Wildman–Crippen LogP) is 2.58. The van der Waals surface area contributed by atoms with Gasteiger partial charge in [-0.3, -0.25) is 4.79 Å². The van der Waals surface area contributed by atoms with Crippen LogP contribution in [0.25, 0.3) is 0 Å². The normalized spacial score (nSPS) is 22.3. The third-order valence-corrected chi connectivity index (χ3v) is 4.98. The molecule has 5 nitrogen and oxygen atoms in total. The van der Waals surface area contributed by atoms with Gasteiger partial charge in [0, 0.05) is 0 Å². The molecule has 0 radical (unpaired) electrons. The van der Waals surface area contributed by atoms with Crippen LogP contribution in [-0.2, 0) is 20.9 Å². The van der Waals surface area contributed by atoms with Crippen LogP contribution < -0.4 is 0 Å². The van der Waals surface area contributed by atoms with E-state index in [1.165, 1.54) is 4.90 Å². The summed E-state index contributed by atoms with van der Waals surface area (Å²) in [5, 5.41) is 10.5. The van der Waals surface area contributed by atoms with Crippen molar-refractivity contribution in [2.75, 3.05) is 0 Å². The summed E-state index contributed by atoms with van der Waals surface area (Å²) >= 11 is 0. The SMILES string of the molecule is O=C(OCc1ccccc1)C1=CCC2C(C(O)c3ccccc3)C(=O)N12. The molecule has 0 saturated carbocycles. The summed E-state index contributed by atoms with van der Waals surface area (Å²) < 4.78 is 5.33. The molecular weight excluding hydrogens is 330 g/mol. The molecule has 132 valence electrons. The third kappa shape index (κ3) is 2.80. The van der Waals surface area contributed by atoms with Gasteiger partial charge in [-0.1, -0.05) is 66.7 Å². The molecule has 2 heterocycles. The Morgan fingerprint density at radius 2 is 1.77 bits per heavy atom. The number of carbonyl (C=O) groups is 2. The summed E-state index contributed by atoms with van der Waals surface area (Å²) in [6, 6.07) is 18.4.